The monoisotopic (exact) mass is 1690 g/mol. The van der Waals surface area contributed by atoms with E-state index in [9.17, 15) is 0 Å². The van der Waals surface area contributed by atoms with E-state index in [2.05, 4.69) is 362 Å². The van der Waals surface area contributed by atoms with Crippen molar-refractivity contribution in [3.05, 3.63) is 333 Å². The van der Waals surface area contributed by atoms with Crippen molar-refractivity contribution < 1.29 is 31.0 Å². The zero-order chi connectivity index (χ0) is 78.4. The predicted molar refractivity (Wildman–Crippen MR) is 477 cm³/mol. The Kier molecular flexibility index (Phi) is 17.1. The van der Waals surface area contributed by atoms with Crippen LogP contribution in [0.25, 0.3) is 209 Å². The van der Waals surface area contributed by atoms with Gasteiger partial charge in [-0.15, -0.1) is 46.4 Å². The van der Waals surface area contributed by atoms with E-state index in [1.54, 1.807) is 0 Å². The van der Waals surface area contributed by atoms with Crippen molar-refractivity contribution in [1.82, 2.24) is 53.4 Å². The van der Waals surface area contributed by atoms with Crippen LogP contribution in [0.5, 0.6) is 0 Å². The average Bonchev–Trinajstić information content (AvgIpc) is 1.53. The number of nitrogens with zero attached hydrogens (tertiary/aromatic N) is 11. The molecule has 0 spiro atoms. The molecule has 0 unspecified atom stereocenters. The summed E-state index contributed by atoms with van der Waals surface area (Å²) in [5.41, 5.74) is 19.8. The number of carbonyl (C=O) groups is 1. The van der Waals surface area contributed by atoms with Crippen LogP contribution in [-0.2, 0) is 36.7 Å². The largest absolute Gasteiger partial charge is 2.00 e. The molecule has 23 aromatic rings. The first-order valence-corrected chi connectivity index (χ1v) is 39.1. The minimum absolute atomic E-state index is 0. The molecule has 0 saturated carbocycles. The zero-order valence-electron chi connectivity index (χ0n) is 65.0. The van der Waals surface area contributed by atoms with Crippen LogP contribution in [0.15, 0.2) is 310 Å². The first-order chi connectivity index (χ1) is 56.5. The maximum absolute atomic E-state index is 9.00. The first kappa shape index (κ1) is 71.9. The van der Waals surface area contributed by atoms with E-state index < -0.39 is 5.97 Å². The molecule has 0 atom stereocenters. The summed E-state index contributed by atoms with van der Waals surface area (Å²) >= 11 is 0. The van der Waals surface area contributed by atoms with E-state index in [-0.39, 0.29) is 31.9 Å². The van der Waals surface area contributed by atoms with Gasteiger partial charge < -0.3 is 18.8 Å². The Hall–Kier alpha value is -14.1. The molecule has 8 aromatic heterocycles. The van der Waals surface area contributed by atoms with Crippen molar-refractivity contribution in [3.8, 4) is 45.5 Å². The third-order valence-corrected chi connectivity index (χ3v) is 22.9. The number of hydrogen-bond donors (Lipinski definition) is 1. The van der Waals surface area contributed by atoms with Gasteiger partial charge in [0, 0.05) is 68.8 Å². The number of fused-ring (bicyclic) bond motifs is 20. The van der Waals surface area contributed by atoms with Crippen LogP contribution in [0.3, 0.4) is 0 Å². The van der Waals surface area contributed by atoms with Gasteiger partial charge in [-0.3, -0.25) is 24.3 Å². The molecule has 15 aromatic carbocycles. The second-order valence-corrected chi connectivity index (χ2v) is 32.3. The molecule has 1 N–H and O–H groups in total. The number of aromatic nitrogens is 11. The Morgan fingerprint density at radius 2 is 0.838 bits per heavy atom. The van der Waals surface area contributed by atoms with E-state index >= 15 is 0 Å². The van der Waals surface area contributed by atoms with E-state index in [1.807, 2.05) is 24.8 Å². The second-order valence-electron chi connectivity index (χ2n) is 32.3. The van der Waals surface area contributed by atoms with Crippen LogP contribution in [0, 0.1) is 12.1 Å². The Labute approximate surface area is 686 Å². The Morgan fingerprint density at radius 3 is 1.49 bits per heavy atom. The number of hydrogen-bond acceptors (Lipinski definition) is 8. The van der Waals surface area contributed by atoms with Crippen molar-refractivity contribution in [2.45, 2.75) is 59.3 Å². The molecule has 14 heteroatoms. The SMILES string of the molecule is CC(=O)O.CC(C)(C)c1ccnc(-n2c3[c-]c(-n4c5[c-]c(-c6cnc7cc8ccccc8cc7n6)ccc5c5cc6ccccc6cc54)ccc3c3ccccc32)c1.CC(C)(C)c1cnnc(-n2c3cc(-n4c5cc(-c6cnc7cc8ccccc8cc7n6)ccc5c5cc6ccccc6cc54)ccc3c3c4ccccc4ccc32)c1.[Pt+2]. The summed E-state index contributed by atoms with van der Waals surface area (Å²) in [6, 6.07) is 110. The van der Waals surface area contributed by atoms with Gasteiger partial charge in [-0.25, -0.2) is 9.97 Å². The summed E-state index contributed by atoms with van der Waals surface area (Å²) in [7, 11) is 0. The molecule has 0 radical (unpaired) electrons. The minimum Gasteiger partial charge on any atom is -0.481 e. The molecule has 0 fully saturated rings. The van der Waals surface area contributed by atoms with E-state index in [1.165, 1.54) is 64.8 Å². The quantitative estimate of drug-likeness (QED) is 0.127. The summed E-state index contributed by atoms with van der Waals surface area (Å²) in [5, 5.41) is 37.9. The molecule has 0 aliphatic heterocycles. The fourth-order valence-corrected chi connectivity index (χ4v) is 17.1. The van der Waals surface area contributed by atoms with E-state index in [4.69, 9.17) is 39.9 Å². The number of para-hydroxylation sites is 1. The van der Waals surface area contributed by atoms with Gasteiger partial charge in [-0.1, -0.05) is 228 Å². The molecule has 117 heavy (non-hydrogen) atoms. The van der Waals surface area contributed by atoms with Crippen LogP contribution in [0.1, 0.15) is 59.6 Å². The van der Waals surface area contributed by atoms with Gasteiger partial charge in [0.1, 0.15) is 5.82 Å². The van der Waals surface area contributed by atoms with Crippen molar-refractivity contribution >= 4 is 169 Å². The standard InChI is InChI=1S/C52H36N6.C49H33N5.C2H4O2.Pt/c1-52(2,3)37-27-50(56-54-29-37)58-46-21-17-31-10-8-9-15-39(31)51(46)41-20-18-38(28-49(41)58)57-47-26-36(16-19-40(47)42-22-32-11-4-7-14-35(32)25-48(42)57)45-30-53-43-23-33-12-5-6-13-34(33)24-44(43)55-45;1-49(2,3)35-20-21-50-48(27-35)54-44-15-9-8-14-37(44)38-19-17-36(28-47(38)54)53-45-26-34(16-18-39(45)40-22-30-10-4-7-13-33(30)25-46(40)53)43-29-51-41-23-31-11-5-6-12-32(31)24-42(41)52-43;1-2(3)4;/h4-30H,1-3H3;4-25,27,29H,1-3H3;1H3,(H,3,4);/q;-2;;+2. The zero-order valence-corrected chi connectivity index (χ0v) is 67.3. The average molecular weight is 1690 g/mol. The van der Waals surface area contributed by atoms with Crippen molar-refractivity contribution in [2.24, 2.45) is 0 Å². The van der Waals surface area contributed by atoms with Gasteiger partial charge in [0.2, 0.25) is 0 Å². The fraction of sp³-hybridized carbons (Fsp3) is 0.0874. The van der Waals surface area contributed by atoms with Gasteiger partial charge in [-0.05, 0) is 183 Å². The molecule has 0 bridgehead atoms. The molecular formula is C103H73N11O2Pt. The minimum atomic E-state index is -0.833. The predicted octanol–water partition coefficient (Wildman–Crippen LogP) is 25.2. The molecule has 23 rings (SSSR count). The third kappa shape index (κ3) is 12.3. The van der Waals surface area contributed by atoms with Gasteiger partial charge in [0.05, 0.1) is 62.2 Å². The summed E-state index contributed by atoms with van der Waals surface area (Å²) in [5.74, 6) is 0.852. The molecule has 0 aliphatic rings. The fourth-order valence-electron chi connectivity index (χ4n) is 17.1. The molecule has 0 aliphatic carbocycles. The Balaban J connectivity index is 0.000000143. The number of aliphatic carboxylic acids is 1. The summed E-state index contributed by atoms with van der Waals surface area (Å²) in [4.78, 5) is 34.0. The Bertz CT molecular complexity index is 8070. The van der Waals surface area contributed by atoms with Gasteiger partial charge in [-0.2, -0.15) is 11.2 Å². The smallest absolute Gasteiger partial charge is 0.481 e. The second kappa shape index (κ2) is 27.9. The summed E-state index contributed by atoms with van der Waals surface area (Å²) in [6.07, 6.45) is 7.58. The molecule has 562 valence electrons. The number of carboxylic acid groups (broad SMARTS) is 1. The summed E-state index contributed by atoms with van der Waals surface area (Å²) in [6.45, 7) is 14.5. The summed E-state index contributed by atoms with van der Waals surface area (Å²) < 4.78 is 9.28. The van der Waals surface area contributed by atoms with E-state index in [0.717, 1.165) is 162 Å². The van der Waals surface area contributed by atoms with E-state index in [0.29, 0.717) is 0 Å². The number of rotatable bonds is 6. The maximum Gasteiger partial charge on any atom is 2.00 e. The molecule has 8 heterocycles. The van der Waals surface area contributed by atoms with Crippen LogP contribution in [0.4, 0.5) is 0 Å². The molecule has 0 amide bonds. The molecule has 13 nitrogen and oxygen atoms in total. The van der Waals surface area contributed by atoms with Gasteiger partial charge in [0.25, 0.3) is 5.97 Å². The van der Waals surface area contributed by atoms with Crippen LogP contribution in [0.2, 0.25) is 0 Å². The number of carboxylic acids is 1. The number of pyridine rings is 1. The van der Waals surface area contributed by atoms with Crippen LogP contribution >= 0.6 is 0 Å². The van der Waals surface area contributed by atoms with Crippen molar-refractivity contribution in [1.29, 1.82) is 0 Å². The maximum atomic E-state index is 9.00. The topological polar surface area (TPSA) is 147 Å². The van der Waals surface area contributed by atoms with Crippen LogP contribution < -0.4 is 0 Å². The molecule has 0 saturated heterocycles. The van der Waals surface area contributed by atoms with Crippen molar-refractivity contribution in [3.63, 3.8) is 0 Å². The Morgan fingerprint density at radius 1 is 0.350 bits per heavy atom. The van der Waals surface area contributed by atoms with Gasteiger partial charge in [0.15, 0.2) is 5.82 Å². The molecular weight excluding hydrogens is 1620 g/mol. The third-order valence-electron chi connectivity index (χ3n) is 22.9. The first-order valence-electron chi connectivity index (χ1n) is 39.1. The van der Waals surface area contributed by atoms with Crippen LogP contribution in [-0.4, -0.2) is 64.5 Å². The van der Waals surface area contributed by atoms with Gasteiger partial charge >= 0.3 is 21.1 Å². The normalized spacial score (nSPS) is 12.1. The number of benzene rings is 15. The van der Waals surface area contributed by atoms with Crippen molar-refractivity contribution in [2.75, 3.05) is 0 Å².